The highest BCUT2D eigenvalue weighted by atomic mass is 32.2. The summed E-state index contributed by atoms with van der Waals surface area (Å²) in [5.74, 6) is -1.16. The van der Waals surface area contributed by atoms with E-state index < -0.39 is 16.0 Å². The van der Waals surface area contributed by atoms with E-state index in [2.05, 4.69) is 17.0 Å². The number of hydrogen-bond donors (Lipinski definition) is 3. The summed E-state index contributed by atoms with van der Waals surface area (Å²) < 4.78 is 27.5. The van der Waals surface area contributed by atoms with Crippen molar-refractivity contribution >= 4 is 21.7 Å². The smallest absolute Gasteiger partial charge is 0.337 e. The van der Waals surface area contributed by atoms with Gasteiger partial charge in [-0.15, -0.1) is 0 Å². The molecule has 2 aromatic carbocycles. The Labute approximate surface area is 160 Å². The monoisotopic (exact) mass is 390 g/mol. The average Bonchev–Trinajstić information content (AvgIpc) is 2.66. The number of carboxylic acids is 1. The van der Waals surface area contributed by atoms with Gasteiger partial charge in [-0.3, -0.25) is 0 Å². The first-order valence-electron chi connectivity index (χ1n) is 9.09. The van der Waals surface area contributed by atoms with Gasteiger partial charge in [-0.1, -0.05) is 50.1 Å². The van der Waals surface area contributed by atoms with Crippen LogP contribution in [0.5, 0.6) is 0 Å². The fraction of sp³-hybridized carbons (Fsp3) is 0.350. The Morgan fingerprint density at radius 1 is 1.04 bits per heavy atom. The van der Waals surface area contributed by atoms with Crippen molar-refractivity contribution in [3.8, 4) is 0 Å². The van der Waals surface area contributed by atoms with Gasteiger partial charge < -0.3 is 10.4 Å². The lowest BCUT2D eigenvalue weighted by Gasteiger charge is -2.12. The molecule has 0 unspecified atom stereocenters. The van der Waals surface area contributed by atoms with Crippen molar-refractivity contribution in [2.75, 3.05) is 18.4 Å². The van der Waals surface area contributed by atoms with Gasteiger partial charge in [0, 0.05) is 18.8 Å². The van der Waals surface area contributed by atoms with Gasteiger partial charge >= 0.3 is 5.97 Å². The summed E-state index contributed by atoms with van der Waals surface area (Å²) in [4.78, 5) is 11.5. The van der Waals surface area contributed by atoms with Crippen LogP contribution in [0.1, 0.15) is 42.1 Å². The molecule has 6 nitrogen and oxygen atoms in total. The largest absolute Gasteiger partial charge is 0.478 e. The zero-order valence-electron chi connectivity index (χ0n) is 15.4. The number of aromatic carboxylic acids is 1. The predicted octanol–water partition coefficient (Wildman–Crippen LogP) is 3.51. The molecule has 0 aliphatic heterocycles. The van der Waals surface area contributed by atoms with E-state index in [9.17, 15) is 18.3 Å². The van der Waals surface area contributed by atoms with Gasteiger partial charge in [-0.2, -0.15) is 0 Å². The normalized spacial score (nSPS) is 11.3. The molecule has 0 heterocycles. The lowest BCUT2D eigenvalue weighted by atomic mass is 10.1. The second-order valence-electron chi connectivity index (χ2n) is 6.28. The molecule has 0 amide bonds. The van der Waals surface area contributed by atoms with E-state index >= 15 is 0 Å². The zero-order chi connectivity index (χ0) is 19.7. The summed E-state index contributed by atoms with van der Waals surface area (Å²) in [5, 5.41) is 12.5. The molecule has 0 aliphatic carbocycles. The first-order chi connectivity index (χ1) is 12.9. The first-order valence-corrected chi connectivity index (χ1v) is 10.6. The number of sulfonamides is 1. The van der Waals surface area contributed by atoms with Gasteiger partial charge in [0.2, 0.25) is 10.0 Å². The molecule has 0 spiro atoms. The third-order valence-corrected chi connectivity index (χ3v) is 5.63. The standard InChI is InChI=1S/C20H26N2O4S/c1-2-3-7-13-21-19-11-10-17(15-18(19)20(23)24)27(25,26)22-14-12-16-8-5-4-6-9-16/h4-6,8-11,15,21-22H,2-3,7,12-14H2,1H3,(H,23,24). The van der Waals surface area contributed by atoms with E-state index in [1.165, 1.54) is 18.2 Å². The van der Waals surface area contributed by atoms with Crippen LogP contribution >= 0.6 is 0 Å². The number of carbonyl (C=O) groups is 1. The zero-order valence-corrected chi connectivity index (χ0v) is 16.3. The molecule has 146 valence electrons. The highest BCUT2D eigenvalue weighted by molar-refractivity contribution is 7.89. The molecule has 0 atom stereocenters. The maximum absolute atomic E-state index is 12.5. The van der Waals surface area contributed by atoms with Crippen LogP contribution in [-0.2, 0) is 16.4 Å². The fourth-order valence-corrected chi connectivity index (χ4v) is 3.74. The highest BCUT2D eigenvalue weighted by Gasteiger charge is 2.18. The second-order valence-corrected chi connectivity index (χ2v) is 8.05. The van der Waals surface area contributed by atoms with E-state index in [0.29, 0.717) is 18.7 Å². The third-order valence-electron chi connectivity index (χ3n) is 4.18. The van der Waals surface area contributed by atoms with Gasteiger partial charge in [0.15, 0.2) is 0 Å². The van der Waals surface area contributed by atoms with Crippen LogP contribution in [0.15, 0.2) is 53.4 Å². The van der Waals surface area contributed by atoms with Crippen molar-refractivity contribution in [3.05, 3.63) is 59.7 Å². The van der Waals surface area contributed by atoms with E-state index in [1.54, 1.807) is 0 Å². The molecule has 0 bridgehead atoms. The Morgan fingerprint density at radius 3 is 2.44 bits per heavy atom. The Hall–Kier alpha value is -2.38. The molecule has 2 rings (SSSR count). The molecular weight excluding hydrogens is 364 g/mol. The van der Waals surface area contributed by atoms with Crippen molar-refractivity contribution in [2.45, 2.75) is 37.5 Å². The number of carboxylic acid groups (broad SMARTS) is 1. The fourth-order valence-electron chi connectivity index (χ4n) is 2.68. The number of unbranched alkanes of at least 4 members (excludes halogenated alkanes) is 2. The van der Waals surface area contributed by atoms with E-state index in [1.807, 2.05) is 30.3 Å². The number of anilines is 1. The molecule has 0 saturated carbocycles. The van der Waals surface area contributed by atoms with Gasteiger partial charge in [0.1, 0.15) is 0 Å². The molecule has 0 radical (unpaired) electrons. The van der Waals surface area contributed by atoms with Gasteiger partial charge in [-0.25, -0.2) is 17.9 Å². The lowest BCUT2D eigenvalue weighted by molar-refractivity contribution is 0.0697. The van der Waals surface area contributed by atoms with Crippen LogP contribution in [0.2, 0.25) is 0 Å². The van der Waals surface area contributed by atoms with E-state index in [0.717, 1.165) is 24.8 Å². The summed E-state index contributed by atoms with van der Waals surface area (Å²) in [6, 6.07) is 13.7. The van der Waals surface area contributed by atoms with E-state index in [-0.39, 0.29) is 17.0 Å². The third kappa shape index (κ3) is 6.37. The number of rotatable bonds is 11. The predicted molar refractivity (Wildman–Crippen MR) is 107 cm³/mol. The molecule has 2 aromatic rings. The Balaban J connectivity index is 2.06. The minimum absolute atomic E-state index is 0.0440. The van der Waals surface area contributed by atoms with Crippen molar-refractivity contribution in [3.63, 3.8) is 0 Å². The molecule has 0 aromatic heterocycles. The van der Waals surface area contributed by atoms with Crippen LogP contribution in [0.4, 0.5) is 5.69 Å². The summed E-state index contributed by atoms with van der Waals surface area (Å²) in [7, 11) is -3.77. The maximum Gasteiger partial charge on any atom is 0.337 e. The minimum Gasteiger partial charge on any atom is -0.478 e. The first kappa shape index (κ1) is 20.9. The van der Waals surface area contributed by atoms with Crippen LogP contribution in [0.25, 0.3) is 0 Å². The quantitative estimate of drug-likeness (QED) is 0.510. The SMILES string of the molecule is CCCCCNc1ccc(S(=O)(=O)NCCc2ccccc2)cc1C(=O)O. The summed E-state index contributed by atoms with van der Waals surface area (Å²) in [6.45, 7) is 2.98. The Morgan fingerprint density at radius 2 is 1.78 bits per heavy atom. The van der Waals surface area contributed by atoms with Crippen molar-refractivity contribution < 1.29 is 18.3 Å². The van der Waals surface area contributed by atoms with Crippen molar-refractivity contribution in [1.29, 1.82) is 0 Å². The maximum atomic E-state index is 12.5. The molecule has 27 heavy (non-hydrogen) atoms. The minimum atomic E-state index is -3.77. The average molecular weight is 391 g/mol. The van der Waals surface area contributed by atoms with Crippen molar-refractivity contribution in [2.24, 2.45) is 0 Å². The summed E-state index contributed by atoms with van der Waals surface area (Å²) >= 11 is 0. The summed E-state index contributed by atoms with van der Waals surface area (Å²) in [6.07, 6.45) is 3.60. The van der Waals surface area contributed by atoms with Crippen LogP contribution in [0, 0.1) is 0 Å². The lowest BCUT2D eigenvalue weighted by Crippen LogP contribution is -2.26. The number of benzene rings is 2. The van der Waals surface area contributed by atoms with Gasteiger partial charge in [0.25, 0.3) is 0 Å². The molecular formula is C20H26N2O4S. The second kappa shape index (κ2) is 10.1. The summed E-state index contributed by atoms with van der Waals surface area (Å²) in [5.41, 5.74) is 1.41. The van der Waals surface area contributed by atoms with Crippen molar-refractivity contribution in [1.82, 2.24) is 4.72 Å². The molecule has 7 heteroatoms. The topological polar surface area (TPSA) is 95.5 Å². The molecule has 0 fully saturated rings. The van der Waals surface area contributed by atoms with E-state index in [4.69, 9.17) is 0 Å². The Kier molecular flexibility index (Phi) is 7.82. The van der Waals surface area contributed by atoms with Crippen LogP contribution in [-0.4, -0.2) is 32.6 Å². The molecule has 0 saturated heterocycles. The van der Waals surface area contributed by atoms with Gasteiger partial charge in [-0.05, 0) is 36.6 Å². The number of hydrogen-bond acceptors (Lipinski definition) is 4. The highest BCUT2D eigenvalue weighted by Crippen LogP contribution is 2.21. The van der Waals surface area contributed by atoms with Crippen LogP contribution < -0.4 is 10.0 Å². The molecule has 3 N–H and O–H groups in total. The number of nitrogens with one attached hydrogen (secondary N) is 2. The van der Waals surface area contributed by atoms with Crippen LogP contribution in [0.3, 0.4) is 0 Å². The van der Waals surface area contributed by atoms with Gasteiger partial charge in [0.05, 0.1) is 10.5 Å². The Bertz CT molecular complexity index is 852. The molecule has 0 aliphatic rings.